The Morgan fingerprint density at radius 3 is 2.67 bits per heavy atom. The normalized spacial score (nSPS) is 20.5. The van der Waals surface area contributed by atoms with E-state index in [-0.39, 0.29) is 0 Å². The van der Waals surface area contributed by atoms with Crippen LogP contribution < -0.4 is 5.32 Å². The summed E-state index contributed by atoms with van der Waals surface area (Å²) in [5, 5.41) is 3.48. The molecule has 0 aromatic heterocycles. The number of piperidine rings is 1. The molecule has 1 unspecified atom stereocenters. The predicted molar refractivity (Wildman–Crippen MR) is 77.1 cm³/mol. The number of hydrogen-bond acceptors (Lipinski definition) is 4. The number of methoxy groups -OCH3 is 1. The molecule has 108 valence electrons. The van der Waals surface area contributed by atoms with Gasteiger partial charge in [0.05, 0.1) is 6.61 Å². The van der Waals surface area contributed by atoms with Crippen LogP contribution >= 0.6 is 0 Å². The molecule has 0 saturated carbocycles. The van der Waals surface area contributed by atoms with E-state index in [1.165, 1.54) is 32.5 Å². The van der Waals surface area contributed by atoms with Crippen molar-refractivity contribution < 1.29 is 4.74 Å². The van der Waals surface area contributed by atoms with Gasteiger partial charge in [-0.3, -0.25) is 0 Å². The second-order valence-electron chi connectivity index (χ2n) is 5.82. The van der Waals surface area contributed by atoms with Crippen molar-refractivity contribution in [3.8, 4) is 0 Å². The molecule has 1 aliphatic rings. The lowest BCUT2D eigenvalue weighted by Gasteiger charge is -2.31. The summed E-state index contributed by atoms with van der Waals surface area (Å²) in [7, 11) is 6.21. The van der Waals surface area contributed by atoms with Gasteiger partial charge < -0.3 is 19.9 Å². The van der Waals surface area contributed by atoms with E-state index >= 15 is 0 Å². The first-order valence-corrected chi connectivity index (χ1v) is 7.21. The van der Waals surface area contributed by atoms with Gasteiger partial charge in [0.25, 0.3) is 0 Å². The second kappa shape index (κ2) is 8.86. The molecule has 0 aromatic rings. The first-order chi connectivity index (χ1) is 8.61. The summed E-state index contributed by atoms with van der Waals surface area (Å²) in [6.07, 6.45) is 2.71. The van der Waals surface area contributed by atoms with Crippen molar-refractivity contribution >= 4 is 0 Å². The van der Waals surface area contributed by atoms with E-state index < -0.39 is 0 Å². The molecule has 1 rings (SSSR count). The molecule has 0 aromatic carbocycles. The number of nitrogens with one attached hydrogen (secondary N) is 1. The molecule has 18 heavy (non-hydrogen) atoms. The molecular weight excluding hydrogens is 226 g/mol. The molecule has 1 fully saturated rings. The molecule has 0 radical (unpaired) electrons. The van der Waals surface area contributed by atoms with Crippen LogP contribution in [0.3, 0.4) is 0 Å². The molecule has 1 aliphatic heterocycles. The van der Waals surface area contributed by atoms with Crippen LogP contribution in [-0.2, 0) is 4.74 Å². The number of ether oxygens (including phenoxy) is 1. The van der Waals surface area contributed by atoms with Gasteiger partial charge in [0.1, 0.15) is 0 Å². The Kier molecular flexibility index (Phi) is 7.82. The van der Waals surface area contributed by atoms with Crippen molar-refractivity contribution in [3.05, 3.63) is 0 Å². The third-order valence-electron chi connectivity index (χ3n) is 3.81. The van der Waals surface area contributed by atoms with E-state index in [1.54, 1.807) is 7.11 Å². The van der Waals surface area contributed by atoms with E-state index in [9.17, 15) is 0 Å². The largest absolute Gasteiger partial charge is 0.383 e. The Morgan fingerprint density at radius 1 is 1.39 bits per heavy atom. The van der Waals surface area contributed by atoms with E-state index in [2.05, 4.69) is 36.1 Å². The van der Waals surface area contributed by atoms with Crippen molar-refractivity contribution in [3.63, 3.8) is 0 Å². The van der Waals surface area contributed by atoms with Gasteiger partial charge in [-0.05, 0) is 52.9 Å². The first kappa shape index (κ1) is 15.9. The number of likely N-dealkylation sites (tertiary alicyclic amines) is 1. The highest BCUT2D eigenvalue weighted by atomic mass is 16.5. The molecule has 1 atom stereocenters. The van der Waals surface area contributed by atoms with Gasteiger partial charge in [-0.25, -0.2) is 0 Å². The van der Waals surface area contributed by atoms with Gasteiger partial charge >= 0.3 is 0 Å². The van der Waals surface area contributed by atoms with Crippen LogP contribution in [0, 0.1) is 5.92 Å². The smallest absolute Gasteiger partial charge is 0.0613 e. The minimum absolute atomic E-state index is 0.451. The lowest BCUT2D eigenvalue weighted by atomic mass is 9.97. The van der Waals surface area contributed by atoms with Gasteiger partial charge in [0, 0.05) is 32.8 Å². The zero-order chi connectivity index (χ0) is 13.4. The van der Waals surface area contributed by atoms with Gasteiger partial charge in [-0.1, -0.05) is 0 Å². The predicted octanol–water partition coefficient (Wildman–Crippen LogP) is 0.885. The van der Waals surface area contributed by atoms with Crippen molar-refractivity contribution in [1.29, 1.82) is 0 Å². The van der Waals surface area contributed by atoms with Crippen LogP contribution in [0.4, 0.5) is 0 Å². The molecule has 0 aliphatic carbocycles. The number of likely N-dealkylation sites (N-methyl/N-ethyl adjacent to an activating group) is 1. The van der Waals surface area contributed by atoms with E-state index in [1.807, 2.05) is 0 Å². The fourth-order valence-electron chi connectivity index (χ4n) is 2.59. The highest BCUT2D eigenvalue weighted by Gasteiger charge is 2.17. The highest BCUT2D eigenvalue weighted by Crippen LogP contribution is 2.16. The molecule has 1 saturated heterocycles. The molecule has 1 heterocycles. The topological polar surface area (TPSA) is 27.7 Å². The maximum Gasteiger partial charge on any atom is 0.0613 e. The maximum atomic E-state index is 5.11. The van der Waals surface area contributed by atoms with E-state index in [4.69, 9.17) is 4.74 Å². The van der Waals surface area contributed by atoms with E-state index in [0.717, 1.165) is 25.6 Å². The minimum Gasteiger partial charge on any atom is -0.383 e. The van der Waals surface area contributed by atoms with Gasteiger partial charge in [-0.2, -0.15) is 0 Å². The van der Waals surface area contributed by atoms with Crippen LogP contribution in [0.5, 0.6) is 0 Å². The standard InChI is InChI=1S/C14H31N3O/c1-13(12-18-4)15-7-10-17(3)11-14-5-8-16(2)9-6-14/h13-15H,5-12H2,1-4H3. The van der Waals surface area contributed by atoms with Crippen molar-refractivity contribution in [2.75, 3.05) is 60.5 Å². The van der Waals surface area contributed by atoms with Crippen LogP contribution in [0.25, 0.3) is 0 Å². The van der Waals surface area contributed by atoms with Crippen LogP contribution in [-0.4, -0.2) is 76.4 Å². The summed E-state index contributed by atoms with van der Waals surface area (Å²) in [4.78, 5) is 4.90. The Balaban J connectivity index is 2.04. The summed E-state index contributed by atoms with van der Waals surface area (Å²) < 4.78 is 5.11. The minimum atomic E-state index is 0.451. The SMILES string of the molecule is COCC(C)NCCN(C)CC1CCN(C)CC1. The van der Waals surface area contributed by atoms with Crippen molar-refractivity contribution in [2.45, 2.75) is 25.8 Å². The zero-order valence-corrected chi connectivity index (χ0v) is 12.6. The molecule has 0 bridgehead atoms. The Bertz CT molecular complexity index is 205. The van der Waals surface area contributed by atoms with Crippen LogP contribution in [0.2, 0.25) is 0 Å². The summed E-state index contributed by atoms with van der Waals surface area (Å²) >= 11 is 0. The maximum absolute atomic E-state index is 5.11. The third-order valence-corrected chi connectivity index (χ3v) is 3.81. The van der Waals surface area contributed by atoms with Gasteiger partial charge in [0.15, 0.2) is 0 Å². The first-order valence-electron chi connectivity index (χ1n) is 7.21. The Morgan fingerprint density at radius 2 is 2.06 bits per heavy atom. The number of nitrogens with zero attached hydrogens (tertiary/aromatic N) is 2. The van der Waals surface area contributed by atoms with Crippen molar-refractivity contribution in [2.24, 2.45) is 5.92 Å². The third kappa shape index (κ3) is 6.69. The molecule has 0 amide bonds. The van der Waals surface area contributed by atoms with Crippen molar-refractivity contribution in [1.82, 2.24) is 15.1 Å². The second-order valence-corrected chi connectivity index (χ2v) is 5.82. The fraction of sp³-hybridized carbons (Fsp3) is 1.00. The molecule has 0 spiro atoms. The van der Waals surface area contributed by atoms with E-state index in [0.29, 0.717) is 6.04 Å². The van der Waals surface area contributed by atoms with Crippen LogP contribution in [0.1, 0.15) is 19.8 Å². The fourth-order valence-corrected chi connectivity index (χ4v) is 2.59. The zero-order valence-electron chi connectivity index (χ0n) is 12.6. The summed E-state index contributed by atoms with van der Waals surface area (Å²) in [5.74, 6) is 0.891. The summed E-state index contributed by atoms with van der Waals surface area (Å²) in [5.41, 5.74) is 0. The lowest BCUT2D eigenvalue weighted by molar-refractivity contribution is 0.162. The average molecular weight is 257 g/mol. The lowest BCUT2D eigenvalue weighted by Crippen LogP contribution is -2.40. The monoisotopic (exact) mass is 257 g/mol. The Hall–Kier alpha value is -0.160. The number of rotatable bonds is 8. The summed E-state index contributed by atoms with van der Waals surface area (Å²) in [6, 6.07) is 0.451. The quantitative estimate of drug-likeness (QED) is 0.699. The molecular formula is C14H31N3O. The van der Waals surface area contributed by atoms with Gasteiger partial charge in [0.2, 0.25) is 0 Å². The molecule has 4 heteroatoms. The number of hydrogen-bond donors (Lipinski definition) is 1. The highest BCUT2D eigenvalue weighted by molar-refractivity contribution is 4.73. The Labute approximate surface area is 113 Å². The van der Waals surface area contributed by atoms with Gasteiger partial charge in [-0.15, -0.1) is 0 Å². The summed E-state index contributed by atoms with van der Waals surface area (Å²) in [6.45, 7) is 8.91. The molecule has 4 nitrogen and oxygen atoms in total. The molecule has 1 N–H and O–H groups in total. The average Bonchev–Trinajstić information content (AvgIpc) is 2.32. The van der Waals surface area contributed by atoms with Crippen LogP contribution in [0.15, 0.2) is 0 Å².